The van der Waals surface area contributed by atoms with Crippen molar-refractivity contribution >= 4 is 35.2 Å². The van der Waals surface area contributed by atoms with Crippen LogP contribution >= 0.6 is 11.3 Å². The molecule has 0 radical (unpaired) electrons. The summed E-state index contributed by atoms with van der Waals surface area (Å²) in [4.78, 5) is 50.2. The van der Waals surface area contributed by atoms with E-state index < -0.39 is 30.6 Å². The highest BCUT2D eigenvalue weighted by atomic mass is 32.1. The van der Waals surface area contributed by atoms with E-state index in [1.807, 2.05) is 0 Å². The first-order chi connectivity index (χ1) is 13.5. The average Bonchev–Trinajstić information content (AvgIpc) is 3.45. The van der Waals surface area contributed by atoms with E-state index in [1.165, 1.54) is 22.5 Å². The molecule has 2 aromatic heterocycles. The van der Waals surface area contributed by atoms with Crippen molar-refractivity contribution in [2.75, 3.05) is 13.2 Å². The van der Waals surface area contributed by atoms with E-state index in [0.717, 1.165) is 0 Å². The molecule has 148 valence electrons. The fourth-order valence-electron chi connectivity index (χ4n) is 2.82. The summed E-state index contributed by atoms with van der Waals surface area (Å²) in [6.45, 7) is -0.0316. The van der Waals surface area contributed by atoms with Crippen LogP contribution in [0.4, 0.5) is 4.79 Å². The summed E-state index contributed by atoms with van der Waals surface area (Å²) in [5.41, 5.74) is 0. The van der Waals surface area contributed by atoms with E-state index in [4.69, 9.17) is 9.15 Å². The fourth-order valence-corrected chi connectivity index (χ4v) is 3.50. The molecule has 0 saturated carbocycles. The molecule has 0 aromatic carbocycles. The molecule has 4 amide bonds. The third kappa shape index (κ3) is 4.97. The SMILES string of the molecule is O=C(COC(=O)[C@@H]1CCCN1C(=O)c1cccs1)NC(=O)NCc1ccco1. The minimum absolute atomic E-state index is 0.119. The number of ether oxygens (including phenoxy) is 1. The Labute approximate surface area is 164 Å². The maximum atomic E-state index is 12.5. The lowest BCUT2D eigenvalue weighted by atomic mass is 10.2. The largest absolute Gasteiger partial charge is 0.467 e. The summed E-state index contributed by atoms with van der Waals surface area (Å²) in [6, 6.07) is 5.36. The van der Waals surface area contributed by atoms with Crippen LogP contribution in [0.3, 0.4) is 0 Å². The molecule has 1 aliphatic heterocycles. The summed E-state index contributed by atoms with van der Waals surface area (Å²) in [6.07, 6.45) is 2.62. The minimum Gasteiger partial charge on any atom is -0.467 e. The zero-order valence-electron chi connectivity index (χ0n) is 14.9. The number of nitrogens with one attached hydrogen (secondary N) is 2. The second-order valence-corrected chi connectivity index (χ2v) is 7.00. The van der Waals surface area contributed by atoms with Crippen molar-refractivity contribution in [2.45, 2.75) is 25.4 Å². The quantitative estimate of drug-likeness (QED) is 0.704. The lowest BCUT2D eigenvalue weighted by molar-refractivity contribution is -0.152. The molecule has 0 aliphatic carbocycles. The van der Waals surface area contributed by atoms with Gasteiger partial charge >= 0.3 is 12.0 Å². The molecule has 28 heavy (non-hydrogen) atoms. The Morgan fingerprint density at radius 2 is 2.11 bits per heavy atom. The first kappa shape index (κ1) is 19.6. The van der Waals surface area contributed by atoms with Crippen LogP contribution in [-0.4, -0.2) is 47.9 Å². The van der Waals surface area contributed by atoms with Crippen molar-refractivity contribution in [3.63, 3.8) is 0 Å². The molecule has 10 heteroatoms. The summed E-state index contributed by atoms with van der Waals surface area (Å²) >= 11 is 1.30. The molecule has 1 saturated heterocycles. The van der Waals surface area contributed by atoms with Crippen molar-refractivity contribution in [1.82, 2.24) is 15.5 Å². The molecule has 3 heterocycles. The minimum atomic E-state index is -0.764. The monoisotopic (exact) mass is 405 g/mol. The van der Waals surface area contributed by atoms with E-state index in [2.05, 4.69) is 10.6 Å². The lowest BCUT2D eigenvalue weighted by Crippen LogP contribution is -2.44. The van der Waals surface area contributed by atoms with Gasteiger partial charge in [0.1, 0.15) is 11.8 Å². The van der Waals surface area contributed by atoms with Crippen molar-refractivity contribution in [3.05, 3.63) is 46.5 Å². The van der Waals surface area contributed by atoms with Crippen molar-refractivity contribution in [1.29, 1.82) is 0 Å². The Kier molecular flexibility index (Phi) is 6.43. The van der Waals surface area contributed by atoms with E-state index in [1.54, 1.807) is 29.6 Å². The van der Waals surface area contributed by atoms with Crippen LogP contribution in [0.15, 0.2) is 40.3 Å². The van der Waals surface area contributed by atoms with Crippen LogP contribution in [-0.2, 0) is 20.9 Å². The van der Waals surface area contributed by atoms with Gasteiger partial charge in [0.15, 0.2) is 6.61 Å². The molecule has 0 unspecified atom stereocenters. The number of hydrogen-bond donors (Lipinski definition) is 2. The lowest BCUT2D eigenvalue weighted by Gasteiger charge is -2.22. The molecule has 1 atom stereocenters. The third-order valence-electron chi connectivity index (χ3n) is 4.12. The number of imide groups is 1. The number of carbonyl (C=O) groups is 4. The topological polar surface area (TPSA) is 118 Å². The van der Waals surface area contributed by atoms with Gasteiger partial charge in [-0.25, -0.2) is 9.59 Å². The molecule has 1 aliphatic rings. The van der Waals surface area contributed by atoms with Gasteiger partial charge in [-0.3, -0.25) is 14.9 Å². The van der Waals surface area contributed by atoms with E-state index in [0.29, 0.717) is 30.0 Å². The predicted molar refractivity (Wildman–Crippen MR) is 98.4 cm³/mol. The molecule has 2 aromatic rings. The molecular formula is C18H19N3O6S. The number of amides is 4. The van der Waals surface area contributed by atoms with Crippen LogP contribution in [0.2, 0.25) is 0 Å². The predicted octanol–water partition coefficient (Wildman–Crippen LogP) is 1.51. The molecule has 0 spiro atoms. The number of urea groups is 1. The van der Waals surface area contributed by atoms with Gasteiger partial charge in [0.05, 0.1) is 17.7 Å². The Morgan fingerprint density at radius 1 is 1.25 bits per heavy atom. The number of thiophene rings is 1. The fraction of sp³-hybridized carbons (Fsp3) is 0.333. The number of hydrogen-bond acceptors (Lipinski definition) is 7. The number of nitrogens with zero attached hydrogens (tertiary/aromatic N) is 1. The number of carbonyl (C=O) groups excluding carboxylic acids is 4. The number of esters is 1. The van der Waals surface area contributed by atoms with E-state index in [9.17, 15) is 19.2 Å². The molecular weight excluding hydrogens is 386 g/mol. The highest BCUT2D eigenvalue weighted by Crippen LogP contribution is 2.23. The van der Waals surface area contributed by atoms with Gasteiger partial charge in [-0.05, 0) is 36.4 Å². The van der Waals surface area contributed by atoms with Crippen LogP contribution < -0.4 is 10.6 Å². The first-order valence-corrected chi connectivity index (χ1v) is 9.53. The van der Waals surface area contributed by atoms with Gasteiger partial charge in [0.25, 0.3) is 11.8 Å². The summed E-state index contributed by atoms with van der Waals surface area (Å²) in [5.74, 6) is -1.12. The summed E-state index contributed by atoms with van der Waals surface area (Å²) in [5, 5.41) is 6.29. The van der Waals surface area contributed by atoms with Gasteiger partial charge < -0.3 is 19.4 Å². The highest BCUT2D eigenvalue weighted by Gasteiger charge is 2.36. The van der Waals surface area contributed by atoms with Gasteiger partial charge in [-0.15, -0.1) is 11.3 Å². The smallest absolute Gasteiger partial charge is 0.329 e. The van der Waals surface area contributed by atoms with Crippen LogP contribution in [0, 0.1) is 0 Å². The highest BCUT2D eigenvalue weighted by molar-refractivity contribution is 7.12. The molecule has 9 nitrogen and oxygen atoms in total. The Bertz CT molecular complexity index is 834. The summed E-state index contributed by atoms with van der Waals surface area (Å²) < 4.78 is 10.0. The van der Waals surface area contributed by atoms with Crippen LogP contribution in [0.1, 0.15) is 28.3 Å². The standard InChI is InChI=1S/C18H19N3O6S/c22-15(20-18(25)19-10-12-4-2-8-26-12)11-27-17(24)13-5-1-7-21(13)16(23)14-6-3-9-28-14/h2-4,6,8-9,13H,1,5,7,10-11H2,(H2,19,20,22,25)/t13-/m0/s1. The van der Waals surface area contributed by atoms with Crippen LogP contribution in [0.25, 0.3) is 0 Å². The number of likely N-dealkylation sites (tertiary alicyclic amines) is 1. The first-order valence-electron chi connectivity index (χ1n) is 8.66. The Morgan fingerprint density at radius 3 is 2.82 bits per heavy atom. The second-order valence-electron chi connectivity index (χ2n) is 6.05. The maximum absolute atomic E-state index is 12.5. The molecule has 0 bridgehead atoms. The second kappa shape index (κ2) is 9.18. The number of furan rings is 1. The van der Waals surface area contributed by atoms with Crippen molar-refractivity contribution in [2.24, 2.45) is 0 Å². The number of rotatable bonds is 6. The maximum Gasteiger partial charge on any atom is 0.329 e. The Balaban J connectivity index is 1.43. The van der Waals surface area contributed by atoms with Crippen molar-refractivity contribution < 1.29 is 28.3 Å². The normalized spacial score (nSPS) is 15.9. The van der Waals surface area contributed by atoms with Gasteiger partial charge in [0.2, 0.25) is 0 Å². The van der Waals surface area contributed by atoms with E-state index in [-0.39, 0.29) is 12.5 Å². The van der Waals surface area contributed by atoms with Crippen molar-refractivity contribution in [3.8, 4) is 0 Å². The molecule has 2 N–H and O–H groups in total. The molecule has 3 rings (SSSR count). The van der Waals surface area contributed by atoms with Gasteiger partial charge in [-0.1, -0.05) is 6.07 Å². The Hall–Kier alpha value is -3.14. The van der Waals surface area contributed by atoms with E-state index >= 15 is 0 Å². The summed E-state index contributed by atoms with van der Waals surface area (Å²) in [7, 11) is 0. The van der Waals surface area contributed by atoms with Crippen LogP contribution in [0.5, 0.6) is 0 Å². The zero-order chi connectivity index (χ0) is 19.9. The molecule has 1 fully saturated rings. The average molecular weight is 405 g/mol. The zero-order valence-corrected chi connectivity index (χ0v) is 15.7. The van der Waals surface area contributed by atoms with Gasteiger partial charge in [0, 0.05) is 6.54 Å². The third-order valence-corrected chi connectivity index (χ3v) is 4.98. The van der Waals surface area contributed by atoms with Gasteiger partial charge in [-0.2, -0.15) is 0 Å².